The number of sulfonamides is 1. The number of nitrogen functional groups attached to an aromatic ring is 1. The maximum absolute atomic E-state index is 14.8. The molecule has 0 saturated carbocycles. The number of nitrogens with two attached hydrogens (primary N) is 1. The normalized spacial score (nSPS) is 12.0. The molecule has 0 saturated heterocycles. The standard InChI is InChI=1S/C20H15F4N5O3S2/c1-10-4-17(34(30,31)29-18-8-33-9-26-18)14(21)6-16(10)32-15-3-2-11(20(22,23)24)5-12(15)13-7-27-28-19(13)25/h2-9,29H,1H3,(H3,25,27,28). The molecule has 2 aromatic heterocycles. The Labute approximate surface area is 194 Å². The molecule has 4 N–H and O–H groups in total. The predicted molar refractivity (Wildman–Crippen MR) is 118 cm³/mol. The van der Waals surface area contributed by atoms with Gasteiger partial charge in [-0.05, 0) is 36.8 Å². The number of benzene rings is 2. The molecule has 0 radical (unpaired) electrons. The van der Waals surface area contributed by atoms with Gasteiger partial charge in [0.05, 0.1) is 11.1 Å². The van der Waals surface area contributed by atoms with Gasteiger partial charge in [-0.2, -0.15) is 18.3 Å². The van der Waals surface area contributed by atoms with E-state index in [1.165, 1.54) is 24.0 Å². The van der Waals surface area contributed by atoms with Crippen LogP contribution in [0.15, 0.2) is 52.3 Å². The Morgan fingerprint density at radius 3 is 2.53 bits per heavy atom. The van der Waals surface area contributed by atoms with Crippen LogP contribution in [0.5, 0.6) is 11.5 Å². The van der Waals surface area contributed by atoms with E-state index in [9.17, 15) is 26.0 Å². The fraction of sp³-hybridized carbons (Fsp3) is 0.100. The van der Waals surface area contributed by atoms with Crippen molar-refractivity contribution in [3.63, 3.8) is 0 Å². The van der Waals surface area contributed by atoms with Gasteiger partial charge in [0.2, 0.25) is 0 Å². The number of ether oxygens (including phenoxy) is 1. The van der Waals surface area contributed by atoms with Crippen molar-refractivity contribution < 1.29 is 30.7 Å². The molecule has 0 fully saturated rings. The summed E-state index contributed by atoms with van der Waals surface area (Å²) in [5.41, 5.74) is 6.53. The molecule has 0 bridgehead atoms. The molecule has 34 heavy (non-hydrogen) atoms. The first kappa shape index (κ1) is 23.5. The van der Waals surface area contributed by atoms with Gasteiger partial charge in [-0.3, -0.25) is 9.82 Å². The molecule has 0 aliphatic carbocycles. The Hall–Kier alpha value is -3.65. The maximum Gasteiger partial charge on any atom is 0.416 e. The lowest BCUT2D eigenvalue weighted by Gasteiger charge is -2.16. The Morgan fingerprint density at radius 2 is 1.91 bits per heavy atom. The van der Waals surface area contributed by atoms with E-state index in [0.717, 1.165) is 41.7 Å². The van der Waals surface area contributed by atoms with Crippen molar-refractivity contribution in [3.05, 3.63) is 64.4 Å². The average molecular weight is 513 g/mol. The number of hydrogen-bond acceptors (Lipinski definition) is 7. The minimum Gasteiger partial charge on any atom is -0.456 e. The molecule has 0 aliphatic heterocycles. The molecular formula is C20H15F4N5O3S2. The minimum atomic E-state index is -4.63. The molecular weight excluding hydrogens is 498 g/mol. The third kappa shape index (κ3) is 4.68. The summed E-state index contributed by atoms with van der Waals surface area (Å²) in [5, 5.41) is 7.61. The van der Waals surface area contributed by atoms with Gasteiger partial charge in [-0.1, -0.05) is 0 Å². The Kier molecular flexibility index (Phi) is 5.95. The second-order valence-electron chi connectivity index (χ2n) is 7.02. The number of aryl methyl sites for hydroxylation is 1. The third-order valence-corrected chi connectivity index (χ3v) is 6.63. The largest absolute Gasteiger partial charge is 0.456 e. The number of anilines is 2. The number of rotatable bonds is 6. The highest BCUT2D eigenvalue weighted by molar-refractivity contribution is 7.92. The van der Waals surface area contributed by atoms with Crippen LogP contribution in [0.25, 0.3) is 11.1 Å². The van der Waals surface area contributed by atoms with E-state index in [-0.39, 0.29) is 39.8 Å². The molecule has 0 amide bonds. The molecule has 0 aliphatic rings. The van der Waals surface area contributed by atoms with Crippen molar-refractivity contribution >= 4 is 33.0 Å². The maximum atomic E-state index is 14.8. The van der Waals surface area contributed by atoms with Crippen LogP contribution in [0.2, 0.25) is 0 Å². The van der Waals surface area contributed by atoms with E-state index in [2.05, 4.69) is 19.9 Å². The molecule has 0 spiro atoms. The van der Waals surface area contributed by atoms with E-state index in [4.69, 9.17) is 10.5 Å². The van der Waals surface area contributed by atoms with Crippen LogP contribution in [0.1, 0.15) is 11.1 Å². The van der Waals surface area contributed by atoms with E-state index in [1.807, 2.05) is 0 Å². The summed E-state index contributed by atoms with van der Waals surface area (Å²) in [7, 11) is -4.29. The van der Waals surface area contributed by atoms with E-state index in [1.54, 1.807) is 0 Å². The fourth-order valence-electron chi connectivity index (χ4n) is 3.05. The van der Waals surface area contributed by atoms with Crippen LogP contribution in [-0.4, -0.2) is 23.6 Å². The summed E-state index contributed by atoms with van der Waals surface area (Å²) >= 11 is 1.15. The van der Waals surface area contributed by atoms with Crippen LogP contribution in [0.4, 0.5) is 29.2 Å². The smallest absolute Gasteiger partial charge is 0.416 e. The number of halogens is 4. The summed E-state index contributed by atoms with van der Waals surface area (Å²) in [4.78, 5) is 3.16. The monoisotopic (exact) mass is 513 g/mol. The van der Waals surface area contributed by atoms with Gasteiger partial charge < -0.3 is 10.5 Å². The van der Waals surface area contributed by atoms with Gasteiger partial charge in [-0.25, -0.2) is 17.8 Å². The first-order valence-electron chi connectivity index (χ1n) is 9.35. The van der Waals surface area contributed by atoms with Crippen molar-refractivity contribution in [3.8, 4) is 22.6 Å². The van der Waals surface area contributed by atoms with Crippen LogP contribution in [0, 0.1) is 12.7 Å². The van der Waals surface area contributed by atoms with Gasteiger partial charge in [0.15, 0.2) is 11.6 Å². The lowest BCUT2D eigenvalue weighted by molar-refractivity contribution is -0.137. The molecule has 2 heterocycles. The van der Waals surface area contributed by atoms with Crippen molar-refractivity contribution in [1.82, 2.24) is 15.2 Å². The first-order valence-corrected chi connectivity index (χ1v) is 11.8. The number of nitrogens with zero attached hydrogens (tertiary/aromatic N) is 2. The van der Waals surface area contributed by atoms with Crippen LogP contribution >= 0.6 is 11.3 Å². The molecule has 4 rings (SSSR count). The fourth-order valence-corrected chi connectivity index (χ4v) is 4.75. The van der Waals surface area contributed by atoms with Crippen molar-refractivity contribution in [2.24, 2.45) is 0 Å². The number of nitrogens with one attached hydrogen (secondary N) is 2. The predicted octanol–water partition coefficient (Wildman–Crippen LogP) is 5.17. The van der Waals surface area contributed by atoms with E-state index < -0.39 is 32.5 Å². The van der Waals surface area contributed by atoms with Crippen LogP contribution < -0.4 is 15.2 Å². The molecule has 2 aromatic carbocycles. The lowest BCUT2D eigenvalue weighted by Crippen LogP contribution is -2.15. The average Bonchev–Trinajstić information content (AvgIpc) is 3.41. The van der Waals surface area contributed by atoms with Gasteiger partial charge in [0.25, 0.3) is 10.0 Å². The highest BCUT2D eigenvalue weighted by atomic mass is 32.2. The summed E-state index contributed by atoms with van der Waals surface area (Å²) < 4.78 is 87.6. The summed E-state index contributed by atoms with van der Waals surface area (Å²) in [6.07, 6.45) is -3.33. The van der Waals surface area contributed by atoms with E-state index in [0.29, 0.717) is 0 Å². The molecule has 178 valence electrons. The Morgan fingerprint density at radius 1 is 1.15 bits per heavy atom. The summed E-state index contributed by atoms with van der Waals surface area (Å²) in [6, 6.07) is 4.59. The van der Waals surface area contributed by atoms with Crippen molar-refractivity contribution in [2.75, 3.05) is 10.5 Å². The Bertz CT molecular complexity index is 1450. The molecule has 8 nitrogen and oxygen atoms in total. The van der Waals surface area contributed by atoms with Crippen LogP contribution in [0.3, 0.4) is 0 Å². The zero-order valence-electron chi connectivity index (χ0n) is 17.1. The van der Waals surface area contributed by atoms with E-state index >= 15 is 0 Å². The molecule has 4 aromatic rings. The highest BCUT2D eigenvalue weighted by Crippen LogP contribution is 2.41. The summed E-state index contributed by atoms with van der Waals surface area (Å²) in [6.45, 7) is 1.46. The summed E-state index contributed by atoms with van der Waals surface area (Å²) in [5.74, 6) is -1.33. The number of aromatic nitrogens is 3. The molecule has 0 unspecified atom stereocenters. The van der Waals surface area contributed by atoms with Crippen molar-refractivity contribution in [2.45, 2.75) is 18.0 Å². The quantitative estimate of drug-likeness (QED) is 0.306. The zero-order valence-corrected chi connectivity index (χ0v) is 18.8. The second-order valence-corrected chi connectivity index (χ2v) is 9.39. The SMILES string of the molecule is Cc1cc(S(=O)(=O)Nc2cscn2)c(F)cc1Oc1ccc(C(F)(F)F)cc1-c1c[nH]nc1N. The second kappa shape index (κ2) is 8.61. The van der Waals surface area contributed by atoms with Gasteiger partial charge in [0, 0.05) is 28.8 Å². The number of alkyl halides is 3. The number of thiazole rings is 1. The minimum absolute atomic E-state index is 0.0366. The number of hydrogen-bond donors (Lipinski definition) is 3. The number of H-pyrrole nitrogens is 1. The van der Waals surface area contributed by atoms with Gasteiger partial charge in [0.1, 0.15) is 22.2 Å². The van der Waals surface area contributed by atoms with Crippen molar-refractivity contribution in [1.29, 1.82) is 0 Å². The first-order chi connectivity index (χ1) is 16.0. The lowest BCUT2D eigenvalue weighted by atomic mass is 10.0. The van der Waals surface area contributed by atoms with Gasteiger partial charge >= 0.3 is 6.18 Å². The Balaban J connectivity index is 1.73. The molecule has 0 atom stereocenters. The van der Waals surface area contributed by atoms with Crippen LogP contribution in [-0.2, 0) is 16.2 Å². The number of aromatic amines is 1. The third-order valence-electron chi connectivity index (χ3n) is 4.68. The highest BCUT2D eigenvalue weighted by Gasteiger charge is 2.32. The topological polar surface area (TPSA) is 123 Å². The van der Waals surface area contributed by atoms with Gasteiger partial charge in [-0.15, -0.1) is 11.3 Å². The zero-order chi connectivity index (χ0) is 24.7. The molecule has 14 heteroatoms.